The van der Waals surface area contributed by atoms with Crippen LogP contribution in [0.3, 0.4) is 0 Å². The molecule has 0 aliphatic heterocycles. The van der Waals surface area contributed by atoms with Gasteiger partial charge in [-0.25, -0.2) is 9.78 Å². The smallest absolute Gasteiger partial charge is 0.341 e. The third kappa shape index (κ3) is 1.93. The van der Waals surface area contributed by atoms with E-state index in [-0.39, 0.29) is 22.9 Å². The molecule has 17 heavy (non-hydrogen) atoms. The number of aryl methyl sites for hydroxylation is 1. The maximum absolute atomic E-state index is 11.7. The number of nitrogens with two attached hydrogens (primary N) is 1. The number of aromatic nitrogens is 1. The van der Waals surface area contributed by atoms with Crippen LogP contribution in [0.15, 0.2) is 10.5 Å². The first-order valence-corrected chi connectivity index (χ1v) is 5.44. The Morgan fingerprint density at radius 2 is 2.35 bits per heavy atom. The Morgan fingerprint density at radius 3 is 3.00 bits per heavy atom. The predicted octanol–water partition coefficient (Wildman–Crippen LogP) is 2.55. The van der Waals surface area contributed by atoms with E-state index in [9.17, 15) is 4.79 Å². The van der Waals surface area contributed by atoms with E-state index < -0.39 is 5.97 Å². The number of carbonyl (C=O) groups excluding carboxylic acids is 1. The molecule has 0 amide bonds. The lowest BCUT2D eigenvalue weighted by Gasteiger charge is -2.06. The van der Waals surface area contributed by atoms with Crippen LogP contribution < -0.4 is 5.73 Å². The molecule has 1 heterocycles. The molecule has 0 aliphatic carbocycles. The molecule has 2 rings (SSSR count). The van der Waals surface area contributed by atoms with Gasteiger partial charge in [0.1, 0.15) is 16.1 Å². The summed E-state index contributed by atoms with van der Waals surface area (Å²) in [7, 11) is 0. The summed E-state index contributed by atoms with van der Waals surface area (Å²) in [5, 5.41) is 0.138. The molecule has 1 aromatic heterocycles. The van der Waals surface area contributed by atoms with Crippen LogP contribution in [0.2, 0.25) is 5.02 Å². The molecule has 0 bridgehead atoms. The van der Waals surface area contributed by atoms with E-state index in [0.29, 0.717) is 17.0 Å². The van der Waals surface area contributed by atoms with Gasteiger partial charge >= 0.3 is 5.97 Å². The van der Waals surface area contributed by atoms with Crippen LogP contribution in [0.25, 0.3) is 11.1 Å². The van der Waals surface area contributed by atoms with E-state index in [4.69, 9.17) is 26.5 Å². The van der Waals surface area contributed by atoms with Crippen molar-refractivity contribution in [1.82, 2.24) is 4.98 Å². The van der Waals surface area contributed by atoms with Gasteiger partial charge in [-0.3, -0.25) is 0 Å². The van der Waals surface area contributed by atoms with E-state index in [1.807, 2.05) is 0 Å². The largest absolute Gasteiger partial charge is 0.462 e. The molecule has 0 fully saturated rings. The van der Waals surface area contributed by atoms with E-state index >= 15 is 0 Å². The summed E-state index contributed by atoms with van der Waals surface area (Å²) >= 11 is 6.08. The fourth-order valence-corrected chi connectivity index (χ4v) is 1.89. The molecule has 0 saturated heterocycles. The number of carbonyl (C=O) groups is 1. The van der Waals surface area contributed by atoms with Crippen LogP contribution in [0, 0.1) is 6.92 Å². The van der Waals surface area contributed by atoms with Crippen molar-refractivity contribution in [2.75, 3.05) is 12.3 Å². The molecular weight excluding hydrogens is 244 g/mol. The summed E-state index contributed by atoms with van der Waals surface area (Å²) in [4.78, 5) is 15.8. The summed E-state index contributed by atoms with van der Waals surface area (Å²) < 4.78 is 10.2. The third-order valence-electron chi connectivity index (χ3n) is 2.24. The highest BCUT2D eigenvalue weighted by molar-refractivity contribution is 6.38. The Bertz CT molecular complexity index is 592. The number of benzene rings is 1. The van der Waals surface area contributed by atoms with Crippen molar-refractivity contribution < 1.29 is 13.9 Å². The number of nitrogens with zero attached hydrogens (tertiary/aromatic N) is 1. The van der Waals surface area contributed by atoms with Gasteiger partial charge < -0.3 is 14.9 Å². The van der Waals surface area contributed by atoms with Crippen molar-refractivity contribution in [1.29, 1.82) is 0 Å². The van der Waals surface area contributed by atoms with Gasteiger partial charge in [0.15, 0.2) is 11.5 Å². The third-order valence-corrected chi connectivity index (χ3v) is 2.60. The van der Waals surface area contributed by atoms with Crippen LogP contribution >= 0.6 is 11.6 Å². The topological polar surface area (TPSA) is 78.4 Å². The van der Waals surface area contributed by atoms with E-state index in [1.165, 1.54) is 0 Å². The SMILES string of the molecule is CCOC(=O)c1c(N)cc2nc(C)oc2c1Cl. The first kappa shape index (κ1) is 11.7. The van der Waals surface area contributed by atoms with Crippen LogP contribution in [-0.2, 0) is 4.74 Å². The summed E-state index contributed by atoms with van der Waals surface area (Å²) in [5.74, 6) is -0.103. The molecule has 6 heteroatoms. The minimum atomic E-state index is -0.564. The minimum absolute atomic E-state index is 0.122. The number of fused-ring (bicyclic) bond motifs is 1. The average Bonchev–Trinajstić information content (AvgIpc) is 2.59. The Balaban J connectivity index is 2.66. The zero-order chi connectivity index (χ0) is 12.6. The van der Waals surface area contributed by atoms with Crippen LogP contribution in [0.4, 0.5) is 5.69 Å². The molecule has 5 nitrogen and oxygen atoms in total. The molecule has 0 radical (unpaired) electrons. The number of esters is 1. The number of oxazole rings is 1. The molecule has 0 aliphatic rings. The predicted molar refractivity (Wildman–Crippen MR) is 64.1 cm³/mol. The summed E-state index contributed by atoms with van der Waals surface area (Å²) in [5.41, 5.74) is 6.99. The van der Waals surface area contributed by atoms with Crippen molar-refractivity contribution in [2.45, 2.75) is 13.8 Å². The quantitative estimate of drug-likeness (QED) is 0.658. The molecule has 2 aromatic rings. The summed E-state index contributed by atoms with van der Waals surface area (Å²) in [6.45, 7) is 3.65. The molecule has 0 unspecified atom stereocenters. The molecule has 0 saturated carbocycles. The van der Waals surface area contributed by atoms with Gasteiger partial charge in [-0.1, -0.05) is 11.6 Å². The lowest BCUT2D eigenvalue weighted by atomic mass is 10.1. The Hall–Kier alpha value is -1.75. The van der Waals surface area contributed by atoms with E-state index in [0.717, 1.165) is 0 Å². The Kier molecular flexibility index (Phi) is 2.93. The fourth-order valence-electron chi connectivity index (χ4n) is 1.57. The number of hydrogen-bond acceptors (Lipinski definition) is 5. The molecular formula is C11H11ClN2O3. The van der Waals surface area contributed by atoms with Crippen LogP contribution in [0.1, 0.15) is 23.2 Å². The first-order chi connectivity index (χ1) is 8.04. The Labute approximate surface area is 103 Å². The van der Waals surface area contributed by atoms with Gasteiger partial charge in [0.25, 0.3) is 0 Å². The molecule has 0 spiro atoms. The highest BCUT2D eigenvalue weighted by atomic mass is 35.5. The Morgan fingerprint density at radius 1 is 1.65 bits per heavy atom. The summed E-state index contributed by atoms with van der Waals surface area (Å²) in [6.07, 6.45) is 0. The average molecular weight is 255 g/mol. The van der Waals surface area contributed by atoms with Gasteiger partial charge in [0.2, 0.25) is 0 Å². The van der Waals surface area contributed by atoms with Gasteiger partial charge in [0.05, 0.1) is 12.3 Å². The van der Waals surface area contributed by atoms with Crippen LogP contribution in [0.5, 0.6) is 0 Å². The lowest BCUT2D eigenvalue weighted by molar-refractivity contribution is 0.0528. The van der Waals surface area contributed by atoms with Crippen molar-refractivity contribution in [3.05, 3.63) is 22.5 Å². The molecule has 90 valence electrons. The van der Waals surface area contributed by atoms with Crippen molar-refractivity contribution >= 4 is 34.4 Å². The van der Waals surface area contributed by atoms with Crippen molar-refractivity contribution in [2.24, 2.45) is 0 Å². The number of halogens is 1. The standard InChI is InChI=1S/C11H11ClN2O3/c1-3-16-11(15)8-6(13)4-7-10(9(8)12)17-5(2)14-7/h4H,3,13H2,1-2H3. The molecule has 2 N–H and O–H groups in total. The molecule has 0 atom stereocenters. The van der Waals surface area contributed by atoms with Crippen molar-refractivity contribution in [3.8, 4) is 0 Å². The van der Waals surface area contributed by atoms with Crippen LogP contribution in [-0.4, -0.2) is 17.6 Å². The zero-order valence-corrected chi connectivity index (χ0v) is 10.2. The normalized spacial score (nSPS) is 10.8. The molecule has 1 aromatic carbocycles. The number of anilines is 1. The second-order valence-corrected chi connectivity index (χ2v) is 3.83. The monoisotopic (exact) mass is 254 g/mol. The minimum Gasteiger partial charge on any atom is -0.462 e. The fraction of sp³-hybridized carbons (Fsp3) is 0.273. The highest BCUT2D eigenvalue weighted by Gasteiger charge is 2.21. The van der Waals surface area contributed by atoms with Gasteiger partial charge in [-0.05, 0) is 13.0 Å². The zero-order valence-electron chi connectivity index (χ0n) is 9.41. The number of hydrogen-bond donors (Lipinski definition) is 1. The maximum atomic E-state index is 11.7. The second-order valence-electron chi connectivity index (χ2n) is 3.46. The highest BCUT2D eigenvalue weighted by Crippen LogP contribution is 2.32. The van der Waals surface area contributed by atoms with E-state index in [2.05, 4.69) is 4.98 Å². The van der Waals surface area contributed by atoms with E-state index in [1.54, 1.807) is 19.9 Å². The first-order valence-electron chi connectivity index (χ1n) is 5.06. The number of rotatable bonds is 2. The second kappa shape index (κ2) is 4.25. The number of nitrogen functional groups attached to an aromatic ring is 1. The maximum Gasteiger partial charge on any atom is 0.341 e. The van der Waals surface area contributed by atoms with Gasteiger partial charge in [-0.15, -0.1) is 0 Å². The number of ether oxygens (including phenoxy) is 1. The lowest BCUT2D eigenvalue weighted by Crippen LogP contribution is -2.08. The summed E-state index contributed by atoms with van der Waals surface area (Å²) in [6, 6.07) is 1.55. The van der Waals surface area contributed by atoms with Crippen molar-refractivity contribution in [3.63, 3.8) is 0 Å². The van der Waals surface area contributed by atoms with Gasteiger partial charge in [-0.2, -0.15) is 0 Å². The van der Waals surface area contributed by atoms with Gasteiger partial charge in [0, 0.05) is 6.92 Å².